The zero-order chi connectivity index (χ0) is 13.8. The van der Waals surface area contributed by atoms with Gasteiger partial charge in [-0.3, -0.25) is 0 Å². The van der Waals surface area contributed by atoms with E-state index in [1.807, 2.05) is 36.9 Å². The van der Waals surface area contributed by atoms with Gasteiger partial charge < -0.3 is 19.4 Å². The fraction of sp³-hybridized carbons (Fsp3) is 0.357. The first kappa shape index (κ1) is 13.4. The lowest BCUT2D eigenvalue weighted by Gasteiger charge is -2.11. The zero-order valence-electron chi connectivity index (χ0n) is 11.7. The first-order valence-electron chi connectivity index (χ1n) is 6.08. The Balaban J connectivity index is 2.56. The number of ether oxygens (including phenoxy) is 2. The second kappa shape index (κ2) is 5.75. The summed E-state index contributed by atoms with van der Waals surface area (Å²) in [4.78, 5) is 4.48. The van der Waals surface area contributed by atoms with E-state index in [-0.39, 0.29) is 0 Å². The molecule has 2 aromatic rings. The van der Waals surface area contributed by atoms with Gasteiger partial charge in [-0.05, 0) is 25.2 Å². The van der Waals surface area contributed by atoms with Crippen molar-refractivity contribution in [1.82, 2.24) is 14.9 Å². The number of nitrogens with zero attached hydrogens (tertiary/aromatic N) is 2. The van der Waals surface area contributed by atoms with Crippen LogP contribution in [0.25, 0.3) is 11.3 Å². The lowest BCUT2D eigenvalue weighted by Crippen LogP contribution is -2.10. The minimum atomic E-state index is 0.742. The van der Waals surface area contributed by atoms with Gasteiger partial charge in [0.15, 0.2) is 0 Å². The van der Waals surface area contributed by atoms with E-state index in [4.69, 9.17) is 9.47 Å². The van der Waals surface area contributed by atoms with Gasteiger partial charge in [-0.25, -0.2) is 4.98 Å². The number of benzene rings is 1. The summed E-state index contributed by atoms with van der Waals surface area (Å²) in [6.07, 6.45) is 1.81. The van der Waals surface area contributed by atoms with E-state index in [9.17, 15) is 0 Å². The van der Waals surface area contributed by atoms with Crippen LogP contribution in [0.3, 0.4) is 0 Å². The highest BCUT2D eigenvalue weighted by molar-refractivity contribution is 5.71. The molecule has 0 unspecified atom stereocenters. The summed E-state index contributed by atoms with van der Waals surface area (Å²) in [5.41, 5.74) is 2.95. The number of hydrogen-bond donors (Lipinski definition) is 1. The molecule has 0 aliphatic heterocycles. The lowest BCUT2D eigenvalue weighted by molar-refractivity contribution is 0.404. The van der Waals surface area contributed by atoms with Crippen LogP contribution < -0.4 is 14.8 Å². The SMILES string of the molecule is CNCc1c(-c2cc(OC)ccc2OC)ncn1C. The summed E-state index contributed by atoms with van der Waals surface area (Å²) in [5.74, 6) is 1.58. The summed E-state index contributed by atoms with van der Waals surface area (Å²) >= 11 is 0. The lowest BCUT2D eigenvalue weighted by atomic mass is 10.1. The Morgan fingerprint density at radius 2 is 2.05 bits per heavy atom. The molecule has 0 bridgehead atoms. The fourth-order valence-corrected chi connectivity index (χ4v) is 2.06. The second-order valence-electron chi connectivity index (χ2n) is 4.25. The van der Waals surface area contributed by atoms with Crippen molar-refractivity contribution in [2.45, 2.75) is 6.54 Å². The van der Waals surface area contributed by atoms with E-state index in [1.54, 1.807) is 20.5 Å². The van der Waals surface area contributed by atoms with Gasteiger partial charge in [-0.2, -0.15) is 0 Å². The Morgan fingerprint density at radius 3 is 2.68 bits per heavy atom. The maximum atomic E-state index is 5.42. The summed E-state index contributed by atoms with van der Waals surface area (Å²) in [6.45, 7) is 0.742. The van der Waals surface area contributed by atoms with Crippen LogP contribution >= 0.6 is 0 Å². The number of methoxy groups -OCH3 is 2. The molecular formula is C14H19N3O2. The molecular weight excluding hydrogens is 242 g/mol. The van der Waals surface area contributed by atoms with Gasteiger partial charge in [0.2, 0.25) is 0 Å². The Hall–Kier alpha value is -2.01. The van der Waals surface area contributed by atoms with E-state index in [2.05, 4.69) is 10.3 Å². The molecule has 1 heterocycles. The van der Waals surface area contributed by atoms with E-state index in [0.29, 0.717) is 0 Å². The van der Waals surface area contributed by atoms with Gasteiger partial charge in [0.05, 0.1) is 31.9 Å². The molecule has 5 nitrogen and oxygen atoms in total. The van der Waals surface area contributed by atoms with Crippen molar-refractivity contribution in [3.05, 3.63) is 30.2 Å². The normalized spacial score (nSPS) is 10.5. The number of imidazole rings is 1. The molecule has 1 N–H and O–H groups in total. The van der Waals surface area contributed by atoms with E-state index in [1.165, 1.54) is 0 Å². The minimum absolute atomic E-state index is 0.742. The highest BCUT2D eigenvalue weighted by Crippen LogP contribution is 2.34. The molecule has 0 aliphatic carbocycles. The number of hydrogen-bond acceptors (Lipinski definition) is 4. The van der Waals surface area contributed by atoms with Crippen molar-refractivity contribution in [3.63, 3.8) is 0 Å². The maximum absolute atomic E-state index is 5.42. The van der Waals surface area contributed by atoms with E-state index >= 15 is 0 Å². The topological polar surface area (TPSA) is 48.3 Å². The molecule has 5 heteroatoms. The van der Waals surface area contributed by atoms with Crippen LogP contribution in [-0.2, 0) is 13.6 Å². The van der Waals surface area contributed by atoms with Crippen LogP contribution in [0.4, 0.5) is 0 Å². The molecule has 2 rings (SSSR count). The molecule has 0 amide bonds. The van der Waals surface area contributed by atoms with Crippen LogP contribution in [0.15, 0.2) is 24.5 Å². The third-order valence-corrected chi connectivity index (χ3v) is 3.07. The first-order chi connectivity index (χ1) is 9.21. The standard InChI is InChI=1S/C14H19N3O2/c1-15-8-12-14(16-9-17(12)2)11-7-10(18-3)5-6-13(11)19-4/h5-7,9,15H,8H2,1-4H3. The number of nitrogens with one attached hydrogen (secondary N) is 1. The zero-order valence-corrected chi connectivity index (χ0v) is 11.7. The highest BCUT2D eigenvalue weighted by Gasteiger charge is 2.15. The Kier molecular flexibility index (Phi) is 4.06. The monoisotopic (exact) mass is 261 g/mol. The molecule has 19 heavy (non-hydrogen) atoms. The van der Waals surface area contributed by atoms with Crippen molar-refractivity contribution in [1.29, 1.82) is 0 Å². The van der Waals surface area contributed by atoms with Crippen molar-refractivity contribution >= 4 is 0 Å². The van der Waals surface area contributed by atoms with Crippen LogP contribution in [0.1, 0.15) is 5.69 Å². The maximum Gasteiger partial charge on any atom is 0.128 e. The third-order valence-electron chi connectivity index (χ3n) is 3.07. The molecule has 0 saturated heterocycles. The summed E-state index contributed by atoms with van der Waals surface area (Å²) in [6, 6.07) is 5.72. The molecule has 1 aromatic heterocycles. The molecule has 0 spiro atoms. The van der Waals surface area contributed by atoms with Crippen LogP contribution in [0, 0.1) is 0 Å². The summed E-state index contributed by atoms with van der Waals surface area (Å²) in [5, 5.41) is 3.15. The highest BCUT2D eigenvalue weighted by atomic mass is 16.5. The number of aromatic nitrogens is 2. The largest absolute Gasteiger partial charge is 0.497 e. The smallest absolute Gasteiger partial charge is 0.128 e. The predicted octanol–water partition coefficient (Wildman–Crippen LogP) is 1.82. The van der Waals surface area contributed by atoms with Gasteiger partial charge in [0.25, 0.3) is 0 Å². The average Bonchev–Trinajstić information content (AvgIpc) is 2.80. The molecule has 0 aliphatic rings. The third kappa shape index (κ3) is 2.56. The van der Waals surface area contributed by atoms with Gasteiger partial charge in [0.1, 0.15) is 11.5 Å². The molecule has 1 aromatic carbocycles. The Labute approximate surface area is 113 Å². The van der Waals surface area contributed by atoms with Crippen LogP contribution in [0.2, 0.25) is 0 Å². The molecule has 0 radical (unpaired) electrons. The van der Waals surface area contributed by atoms with E-state index in [0.717, 1.165) is 35.0 Å². The van der Waals surface area contributed by atoms with Gasteiger partial charge in [0, 0.05) is 19.2 Å². The summed E-state index contributed by atoms with van der Waals surface area (Å²) in [7, 11) is 7.21. The average molecular weight is 261 g/mol. The molecule has 0 saturated carbocycles. The molecule has 102 valence electrons. The van der Waals surface area contributed by atoms with Gasteiger partial charge in [-0.15, -0.1) is 0 Å². The van der Waals surface area contributed by atoms with Gasteiger partial charge >= 0.3 is 0 Å². The predicted molar refractivity (Wildman–Crippen MR) is 74.5 cm³/mol. The van der Waals surface area contributed by atoms with Crippen molar-refractivity contribution in [2.75, 3.05) is 21.3 Å². The Morgan fingerprint density at radius 1 is 1.26 bits per heavy atom. The van der Waals surface area contributed by atoms with Gasteiger partial charge in [-0.1, -0.05) is 0 Å². The number of rotatable bonds is 5. The fourth-order valence-electron chi connectivity index (χ4n) is 2.06. The minimum Gasteiger partial charge on any atom is -0.497 e. The van der Waals surface area contributed by atoms with Crippen molar-refractivity contribution in [2.24, 2.45) is 7.05 Å². The Bertz CT molecular complexity index is 564. The van der Waals surface area contributed by atoms with Crippen LogP contribution in [0.5, 0.6) is 11.5 Å². The second-order valence-corrected chi connectivity index (χ2v) is 4.25. The van der Waals surface area contributed by atoms with E-state index < -0.39 is 0 Å². The van der Waals surface area contributed by atoms with Crippen LogP contribution in [-0.4, -0.2) is 30.8 Å². The number of aryl methyl sites for hydroxylation is 1. The molecule has 0 fully saturated rings. The summed E-state index contributed by atoms with van der Waals surface area (Å²) < 4.78 is 12.7. The van der Waals surface area contributed by atoms with Crippen molar-refractivity contribution < 1.29 is 9.47 Å². The first-order valence-corrected chi connectivity index (χ1v) is 6.08. The van der Waals surface area contributed by atoms with Crippen molar-refractivity contribution in [3.8, 4) is 22.8 Å². The molecule has 0 atom stereocenters. The quantitative estimate of drug-likeness (QED) is 0.892.